The van der Waals surface area contributed by atoms with Crippen LogP contribution in [0.2, 0.25) is 0 Å². The van der Waals surface area contributed by atoms with E-state index in [1.54, 1.807) is 0 Å². The van der Waals surface area contributed by atoms with E-state index in [-0.39, 0.29) is 0 Å². The molecule has 0 saturated heterocycles. The third-order valence-electron chi connectivity index (χ3n) is 2.48. The van der Waals surface area contributed by atoms with Crippen LogP contribution in [0, 0.1) is 17.6 Å². The number of nitrogens with two attached hydrogens (primary N) is 1. The van der Waals surface area contributed by atoms with Gasteiger partial charge in [-0.15, -0.1) is 0 Å². The van der Waals surface area contributed by atoms with Crippen molar-refractivity contribution >= 4 is 0 Å². The first-order valence-electron chi connectivity index (χ1n) is 5.35. The molecule has 0 heterocycles. The number of rotatable bonds is 5. The second-order valence-electron chi connectivity index (χ2n) is 4.27. The molecular weight excluding hydrogens is 210 g/mol. The minimum atomic E-state index is -0.542. The zero-order chi connectivity index (χ0) is 12.1. The predicted octanol–water partition coefficient (Wildman–Crippen LogP) is 1.99. The minimum absolute atomic E-state index is 0.369. The molecule has 0 amide bonds. The molecule has 1 aromatic carbocycles. The topological polar surface area (TPSA) is 29.3 Å². The summed E-state index contributed by atoms with van der Waals surface area (Å²) in [7, 11) is 1.90. The van der Waals surface area contributed by atoms with Gasteiger partial charge in [0.1, 0.15) is 11.6 Å². The molecule has 0 saturated carbocycles. The van der Waals surface area contributed by atoms with Crippen LogP contribution in [0.4, 0.5) is 8.78 Å². The van der Waals surface area contributed by atoms with E-state index in [4.69, 9.17) is 5.73 Å². The summed E-state index contributed by atoms with van der Waals surface area (Å²) < 4.78 is 26.0. The van der Waals surface area contributed by atoms with Gasteiger partial charge in [0.05, 0.1) is 0 Å². The molecular formula is C12H18F2N2. The van der Waals surface area contributed by atoms with Crippen LogP contribution in [-0.2, 0) is 6.54 Å². The average molecular weight is 228 g/mol. The molecule has 1 aromatic rings. The normalized spacial score (nSPS) is 13.1. The van der Waals surface area contributed by atoms with Crippen LogP contribution >= 0.6 is 0 Å². The van der Waals surface area contributed by atoms with Crippen molar-refractivity contribution in [2.75, 3.05) is 20.1 Å². The van der Waals surface area contributed by atoms with Crippen molar-refractivity contribution < 1.29 is 8.78 Å². The number of hydrogen-bond acceptors (Lipinski definition) is 2. The van der Waals surface area contributed by atoms with Crippen molar-refractivity contribution in [1.29, 1.82) is 0 Å². The molecule has 1 atom stereocenters. The highest BCUT2D eigenvalue weighted by Gasteiger charge is 2.09. The molecule has 90 valence electrons. The highest BCUT2D eigenvalue weighted by atomic mass is 19.1. The molecule has 0 spiro atoms. The average Bonchev–Trinajstić information content (AvgIpc) is 2.22. The van der Waals surface area contributed by atoms with Crippen molar-refractivity contribution in [2.45, 2.75) is 13.5 Å². The predicted molar refractivity (Wildman–Crippen MR) is 60.9 cm³/mol. The Morgan fingerprint density at radius 2 is 2.06 bits per heavy atom. The fourth-order valence-electron chi connectivity index (χ4n) is 1.61. The first-order chi connectivity index (χ1) is 7.52. The molecule has 2 N–H and O–H groups in total. The molecule has 1 rings (SSSR count). The molecule has 0 bridgehead atoms. The van der Waals surface area contributed by atoms with Gasteiger partial charge in [-0.25, -0.2) is 8.78 Å². The van der Waals surface area contributed by atoms with E-state index >= 15 is 0 Å². The van der Waals surface area contributed by atoms with Crippen molar-refractivity contribution in [3.05, 3.63) is 35.4 Å². The quantitative estimate of drug-likeness (QED) is 0.835. The molecule has 0 aliphatic heterocycles. The molecule has 0 aliphatic carbocycles. The molecule has 4 heteroatoms. The zero-order valence-electron chi connectivity index (χ0n) is 9.71. The van der Waals surface area contributed by atoms with Gasteiger partial charge in [-0.1, -0.05) is 13.0 Å². The number of benzene rings is 1. The van der Waals surface area contributed by atoms with E-state index in [1.807, 2.05) is 18.9 Å². The van der Waals surface area contributed by atoms with Gasteiger partial charge < -0.3 is 10.6 Å². The van der Waals surface area contributed by atoms with Gasteiger partial charge in [0, 0.05) is 24.7 Å². The Hall–Kier alpha value is -1.00. The second-order valence-corrected chi connectivity index (χ2v) is 4.27. The van der Waals surface area contributed by atoms with Crippen molar-refractivity contribution in [2.24, 2.45) is 11.7 Å². The Balaban J connectivity index is 2.59. The van der Waals surface area contributed by atoms with E-state index < -0.39 is 11.6 Å². The van der Waals surface area contributed by atoms with Gasteiger partial charge in [0.25, 0.3) is 0 Å². The second kappa shape index (κ2) is 5.92. The van der Waals surface area contributed by atoms with Crippen LogP contribution in [-0.4, -0.2) is 25.0 Å². The molecule has 0 aliphatic rings. The van der Waals surface area contributed by atoms with Crippen LogP contribution in [0.25, 0.3) is 0 Å². The summed E-state index contributed by atoms with van der Waals surface area (Å²) in [5, 5.41) is 0. The van der Waals surface area contributed by atoms with Crippen LogP contribution in [0.1, 0.15) is 12.5 Å². The molecule has 16 heavy (non-hydrogen) atoms. The van der Waals surface area contributed by atoms with E-state index in [2.05, 4.69) is 0 Å². The van der Waals surface area contributed by atoms with E-state index in [1.165, 1.54) is 12.1 Å². The third-order valence-corrected chi connectivity index (χ3v) is 2.48. The Labute approximate surface area is 95.1 Å². The Kier molecular flexibility index (Phi) is 4.83. The highest BCUT2D eigenvalue weighted by Crippen LogP contribution is 2.12. The number of nitrogens with zero attached hydrogens (tertiary/aromatic N) is 1. The van der Waals surface area contributed by atoms with Crippen molar-refractivity contribution in [3.8, 4) is 0 Å². The summed E-state index contributed by atoms with van der Waals surface area (Å²) in [5.74, 6) is -0.667. The van der Waals surface area contributed by atoms with Gasteiger partial charge >= 0.3 is 0 Å². The van der Waals surface area contributed by atoms with Gasteiger partial charge in [0.2, 0.25) is 0 Å². The van der Waals surface area contributed by atoms with Gasteiger partial charge in [0.15, 0.2) is 0 Å². The lowest BCUT2D eigenvalue weighted by atomic mass is 10.1. The smallest absolute Gasteiger partial charge is 0.130 e. The van der Waals surface area contributed by atoms with Crippen LogP contribution in [0.5, 0.6) is 0 Å². The molecule has 1 unspecified atom stereocenters. The van der Waals surface area contributed by atoms with Crippen molar-refractivity contribution in [1.82, 2.24) is 4.90 Å². The fourth-order valence-corrected chi connectivity index (χ4v) is 1.61. The van der Waals surface area contributed by atoms with Crippen LogP contribution in [0.3, 0.4) is 0 Å². The Morgan fingerprint density at radius 3 is 2.62 bits per heavy atom. The molecule has 0 radical (unpaired) electrons. The maximum Gasteiger partial charge on any atom is 0.130 e. The molecule has 0 fully saturated rings. The van der Waals surface area contributed by atoms with E-state index in [0.717, 1.165) is 12.6 Å². The summed E-state index contributed by atoms with van der Waals surface area (Å²) in [5.41, 5.74) is 6.02. The van der Waals surface area contributed by atoms with Gasteiger partial charge in [-0.3, -0.25) is 0 Å². The summed E-state index contributed by atoms with van der Waals surface area (Å²) in [6.45, 7) is 3.91. The maximum absolute atomic E-state index is 13.3. The van der Waals surface area contributed by atoms with Crippen LogP contribution < -0.4 is 5.73 Å². The van der Waals surface area contributed by atoms with Gasteiger partial charge in [-0.2, -0.15) is 0 Å². The SMILES string of the molecule is CC(CN)CN(C)Cc1ccc(F)cc1F. The third kappa shape index (κ3) is 3.87. The van der Waals surface area contributed by atoms with Gasteiger partial charge in [-0.05, 0) is 25.6 Å². The van der Waals surface area contributed by atoms with E-state index in [0.29, 0.717) is 24.6 Å². The van der Waals surface area contributed by atoms with E-state index in [9.17, 15) is 8.78 Å². The monoisotopic (exact) mass is 228 g/mol. The molecule has 2 nitrogen and oxygen atoms in total. The summed E-state index contributed by atoms with van der Waals surface area (Å²) >= 11 is 0. The summed E-state index contributed by atoms with van der Waals surface area (Å²) in [6.07, 6.45) is 0. The lowest BCUT2D eigenvalue weighted by molar-refractivity contribution is 0.278. The number of hydrogen-bond donors (Lipinski definition) is 1. The largest absolute Gasteiger partial charge is 0.330 e. The first kappa shape index (κ1) is 13.1. The summed E-state index contributed by atoms with van der Waals surface area (Å²) in [4.78, 5) is 1.98. The molecule has 0 aromatic heterocycles. The minimum Gasteiger partial charge on any atom is -0.330 e. The first-order valence-corrected chi connectivity index (χ1v) is 5.35. The lowest BCUT2D eigenvalue weighted by Gasteiger charge is -2.20. The zero-order valence-corrected chi connectivity index (χ0v) is 9.71. The standard InChI is InChI=1S/C12H18F2N2/c1-9(6-15)7-16(2)8-10-3-4-11(13)5-12(10)14/h3-5,9H,6-8,15H2,1-2H3. The Morgan fingerprint density at radius 1 is 1.38 bits per heavy atom. The highest BCUT2D eigenvalue weighted by molar-refractivity contribution is 5.18. The van der Waals surface area contributed by atoms with Crippen LogP contribution in [0.15, 0.2) is 18.2 Å². The van der Waals surface area contributed by atoms with Crippen molar-refractivity contribution in [3.63, 3.8) is 0 Å². The Bertz CT molecular complexity index is 342. The summed E-state index contributed by atoms with van der Waals surface area (Å²) in [6, 6.07) is 3.67. The lowest BCUT2D eigenvalue weighted by Crippen LogP contribution is -2.28. The fraction of sp³-hybridized carbons (Fsp3) is 0.500. The maximum atomic E-state index is 13.3. The number of halogens is 2.